The summed E-state index contributed by atoms with van der Waals surface area (Å²) in [6.07, 6.45) is 0. The molecule has 0 fully saturated rings. The van der Waals surface area contributed by atoms with E-state index in [2.05, 4.69) is 5.32 Å². The Morgan fingerprint density at radius 3 is 2.42 bits per heavy atom. The van der Waals surface area contributed by atoms with Gasteiger partial charge in [0.1, 0.15) is 11.6 Å². The van der Waals surface area contributed by atoms with E-state index >= 15 is 0 Å². The number of carbonyl (C=O) groups excluding carboxylic acids is 1. The molecule has 1 N–H and O–H groups in total. The first kappa shape index (κ1) is 18.3. The number of sulfonamides is 1. The summed E-state index contributed by atoms with van der Waals surface area (Å²) in [6.45, 7) is -0.550. The third-order valence-electron chi connectivity index (χ3n) is 3.09. The average Bonchev–Trinajstić information content (AvgIpc) is 2.51. The average molecular weight is 375 g/mol. The zero-order chi connectivity index (χ0) is 17.9. The third-order valence-corrected chi connectivity index (χ3v) is 5.14. The van der Waals surface area contributed by atoms with Crippen LogP contribution in [0.15, 0.2) is 47.4 Å². The fourth-order valence-corrected chi connectivity index (χ4v) is 3.16. The van der Waals surface area contributed by atoms with Crippen molar-refractivity contribution in [2.45, 2.75) is 4.90 Å². The SMILES string of the molecule is CN(CC(=O)Nc1cc(Cl)ccc1F)S(=O)(=O)c1ccc(F)cc1. The van der Waals surface area contributed by atoms with Gasteiger partial charge in [0.2, 0.25) is 15.9 Å². The smallest absolute Gasteiger partial charge is 0.243 e. The fraction of sp³-hybridized carbons (Fsp3) is 0.133. The number of anilines is 1. The standard InChI is InChI=1S/C15H13ClF2N2O3S/c1-20(24(22,23)12-5-3-11(17)4-6-12)9-15(21)19-14-8-10(16)2-7-13(14)18/h2-8H,9H2,1H3,(H,19,21). The zero-order valence-corrected chi connectivity index (χ0v) is 14.0. The second-order valence-electron chi connectivity index (χ2n) is 4.89. The lowest BCUT2D eigenvalue weighted by molar-refractivity contribution is -0.116. The molecule has 2 rings (SSSR count). The molecule has 2 aromatic carbocycles. The molecule has 0 atom stereocenters. The molecule has 1 amide bonds. The van der Waals surface area contributed by atoms with Crippen LogP contribution in [-0.4, -0.2) is 32.2 Å². The van der Waals surface area contributed by atoms with E-state index in [9.17, 15) is 22.0 Å². The molecule has 128 valence electrons. The summed E-state index contributed by atoms with van der Waals surface area (Å²) < 4.78 is 51.8. The Bertz CT molecular complexity index is 858. The molecule has 0 radical (unpaired) electrons. The van der Waals surface area contributed by atoms with Crippen molar-refractivity contribution in [3.8, 4) is 0 Å². The minimum Gasteiger partial charge on any atom is -0.322 e. The number of hydrogen-bond acceptors (Lipinski definition) is 3. The van der Waals surface area contributed by atoms with E-state index in [1.54, 1.807) is 0 Å². The number of amides is 1. The van der Waals surface area contributed by atoms with Crippen LogP contribution in [0.5, 0.6) is 0 Å². The molecule has 2 aromatic rings. The maximum Gasteiger partial charge on any atom is 0.243 e. The summed E-state index contributed by atoms with van der Waals surface area (Å²) in [5, 5.41) is 2.47. The van der Waals surface area contributed by atoms with E-state index in [0.29, 0.717) is 0 Å². The lowest BCUT2D eigenvalue weighted by Gasteiger charge is -2.17. The molecule has 0 unspecified atom stereocenters. The second kappa shape index (κ2) is 7.25. The van der Waals surface area contributed by atoms with Crippen molar-refractivity contribution in [2.24, 2.45) is 0 Å². The van der Waals surface area contributed by atoms with Gasteiger partial charge in [0, 0.05) is 12.1 Å². The first-order chi connectivity index (χ1) is 11.2. The summed E-state index contributed by atoms with van der Waals surface area (Å²) in [5.41, 5.74) is -0.153. The Labute approximate surface area is 142 Å². The molecule has 0 saturated heterocycles. The van der Waals surface area contributed by atoms with Crippen molar-refractivity contribution in [3.63, 3.8) is 0 Å². The van der Waals surface area contributed by atoms with Crippen LogP contribution in [0.25, 0.3) is 0 Å². The number of carbonyl (C=O) groups is 1. The molecule has 0 bridgehead atoms. The van der Waals surface area contributed by atoms with Crippen LogP contribution < -0.4 is 5.32 Å². The summed E-state index contributed by atoms with van der Waals surface area (Å²) in [7, 11) is -2.79. The number of nitrogens with zero attached hydrogens (tertiary/aromatic N) is 1. The predicted octanol–water partition coefficient (Wildman–Crippen LogP) is 2.88. The molecule has 24 heavy (non-hydrogen) atoms. The van der Waals surface area contributed by atoms with Crippen molar-refractivity contribution < 1.29 is 22.0 Å². The highest BCUT2D eigenvalue weighted by Crippen LogP contribution is 2.20. The van der Waals surface area contributed by atoms with Gasteiger partial charge < -0.3 is 5.32 Å². The maximum atomic E-state index is 13.6. The third kappa shape index (κ3) is 4.28. The monoisotopic (exact) mass is 374 g/mol. The normalized spacial score (nSPS) is 11.5. The van der Waals surface area contributed by atoms with Crippen LogP contribution in [-0.2, 0) is 14.8 Å². The molecule has 0 saturated carbocycles. The quantitative estimate of drug-likeness (QED) is 0.875. The highest BCUT2D eigenvalue weighted by Gasteiger charge is 2.23. The van der Waals surface area contributed by atoms with Crippen molar-refractivity contribution in [1.82, 2.24) is 4.31 Å². The number of nitrogens with one attached hydrogen (secondary N) is 1. The van der Waals surface area contributed by atoms with Crippen molar-refractivity contribution >= 4 is 33.2 Å². The van der Waals surface area contributed by atoms with Crippen LogP contribution >= 0.6 is 11.6 Å². The molecular formula is C15H13ClF2N2O3S. The van der Waals surface area contributed by atoms with Gasteiger partial charge in [-0.2, -0.15) is 4.31 Å². The van der Waals surface area contributed by atoms with Crippen LogP contribution in [0.3, 0.4) is 0 Å². The van der Waals surface area contributed by atoms with E-state index in [0.717, 1.165) is 34.6 Å². The molecule has 9 heteroatoms. The van der Waals surface area contributed by atoms with Gasteiger partial charge in [-0.25, -0.2) is 17.2 Å². The Hall–Kier alpha value is -2.03. The number of halogens is 3. The number of benzene rings is 2. The topological polar surface area (TPSA) is 66.5 Å². The molecular weight excluding hydrogens is 362 g/mol. The van der Waals surface area contributed by atoms with Crippen molar-refractivity contribution in [2.75, 3.05) is 18.9 Å². The Kier molecular flexibility index (Phi) is 5.53. The minimum absolute atomic E-state index is 0.153. The minimum atomic E-state index is -3.98. The Balaban J connectivity index is 2.10. The van der Waals surface area contributed by atoms with Crippen molar-refractivity contribution in [3.05, 3.63) is 59.1 Å². The van der Waals surface area contributed by atoms with Gasteiger partial charge in [-0.15, -0.1) is 0 Å². The Morgan fingerprint density at radius 2 is 1.79 bits per heavy atom. The highest BCUT2D eigenvalue weighted by atomic mass is 35.5. The largest absolute Gasteiger partial charge is 0.322 e. The zero-order valence-electron chi connectivity index (χ0n) is 12.5. The van der Waals surface area contributed by atoms with E-state index in [1.807, 2.05) is 0 Å². The molecule has 0 spiro atoms. The van der Waals surface area contributed by atoms with Gasteiger partial charge in [-0.05, 0) is 42.5 Å². The van der Waals surface area contributed by atoms with Crippen LogP contribution in [0.4, 0.5) is 14.5 Å². The van der Waals surface area contributed by atoms with Gasteiger partial charge in [-0.3, -0.25) is 4.79 Å². The van der Waals surface area contributed by atoms with Gasteiger partial charge >= 0.3 is 0 Å². The molecule has 0 heterocycles. The van der Waals surface area contributed by atoms with Gasteiger partial charge in [0.05, 0.1) is 17.1 Å². The molecule has 0 aromatic heterocycles. The van der Waals surface area contributed by atoms with Crippen LogP contribution in [0.2, 0.25) is 5.02 Å². The van der Waals surface area contributed by atoms with E-state index in [-0.39, 0.29) is 15.6 Å². The lowest BCUT2D eigenvalue weighted by atomic mass is 10.3. The van der Waals surface area contributed by atoms with Gasteiger partial charge in [0.25, 0.3) is 0 Å². The fourth-order valence-electron chi connectivity index (χ4n) is 1.86. The number of likely N-dealkylation sites (N-methyl/N-ethyl adjacent to an activating group) is 1. The molecule has 0 aliphatic rings. The molecule has 5 nitrogen and oxygen atoms in total. The first-order valence-electron chi connectivity index (χ1n) is 6.67. The Morgan fingerprint density at radius 1 is 1.17 bits per heavy atom. The predicted molar refractivity (Wildman–Crippen MR) is 86.3 cm³/mol. The lowest BCUT2D eigenvalue weighted by Crippen LogP contribution is -2.35. The highest BCUT2D eigenvalue weighted by molar-refractivity contribution is 7.89. The number of hydrogen-bond donors (Lipinski definition) is 1. The summed E-state index contributed by atoms with van der Waals surface area (Å²) >= 11 is 5.72. The van der Waals surface area contributed by atoms with Gasteiger partial charge in [-0.1, -0.05) is 11.6 Å². The van der Waals surface area contributed by atoms with E-state index < -0.39 is 34.1 Å². The summed E-state index contributed by atoms with van der Waals surface area (Å²) in [6, 6.07) is 7.80. The van der Waals surface area contributed by atoms with Crippen LogP contribution in [0, 0.1) is 11.6 Å². The van der Waals surface area contributed by atoms with E-state index in [1.165, 1.54) is 19.2 Å². The van der Waals surface area contributed by atoms with Crippen molar-refractivity contribution in [1.29, 1.82) is 0 Å². The first-order valence-corrected chi connectivity index (χ1v) is 8.49. The van der Waals surface area contributed by atoms with Crippen LogP contribution in [0.1, 0.15) is 0 Å². The van der Waals surface area contributed by atoms with E-state index in [4.69, 9.17) is 11.6 Å². The summed E-state index contributed by atoms with van der Waals surface area (Å²) in [4.78, 5) is 11.8. The second-order valence-corrected chi connectivity index (χ2v) is 7.37. The number of rotatable bonds is 5. The maximum absolute atomic E-state index is 13.6. The molecule has 0 aliphatic heterocycles. The summed E-state index contributed by atoms with van der Waals surface area (Å²) in [5.74, 6) is -2.02. The molecule has 0 aliphatic carbocycles. The van der Waals surface area contributed by atoms with Gasteiger partial charge in [0.15, 0.2) is 0 Å².